The lowest BCUT2D eigenvalue weighted by Gasteiger charge is -2.31. The molecule has 0 aliphatic carbocycles. The van der Waals surface area contributed by atoms with Gasteiger partial charge in [-0.25, -0.2) is 0 Å². The number of hydrogen-bond donors (Lipinski definition) is 1. The smallest absolute Gasteiger partial charge is 0.134 e. The maximum atomic E-state index is 5.77. The zero-order valence-electron chi connectivity index (χ0n) is 9.49. The zero-order valence-corrected chi connectivity index (χ0v) is 9.49. The van der Waals surface area contributed by atoms with Gasteiger partial charge in [-0.2, -0.15) is 0 Å². The van der Waals surface area contributed by atoms with Gasteiger partial charge in [0.1, 0.15) is 17.6 Å². The van der Waals surface area contributed by atoms with Gasteiger partial charge in [0, 0.05) is 18.7 Å². The first-order chi connectivity index (χ1) is 7.16. The molecule has 0 aromatic carbocycles. The molecule has 1 aromatic rings. The Morgan fingerprint density at radius 1 is 1.53 bits per heavy atom. The minimum Gasteiger partial charge on any atom is -0.369 e. The van der Waals surface area contributed by atoms with Crippen LogP contribution in [-0.4, -0.2) is 24.4 Å². The summed E-state index contributed by atoms with van der Waals surface area (Å²) in [7, 11) is 0. The van der Waals surface area contributed by atoms with E-state index in [4.69, 9.17) is 9.26 Å². The minimum absolute atomic E-state index is 0.0393. The summed E-state index contributed by atoms with van der Waals surface area (Å²) in [6.45, 7) is 7.84. The largest absolute Gasteiger partial charge is 0.369 e. The highest BCUT2D eigenvalue weighted by Gasteiger charge is 2.25. The van der Waals surface area contributed by atoms with E-state index in [-0.39, 0.29) is 6.10 Å². The van der Waals surface area contributed by atoms with Crippen LogP contribution in [0, 0.1) is 12.8 Å². The third-order valence-electron chi connectivity index (χ3n) is 2.82. The van der Waals surface area contributed by atoms with E-state index in [9.17, 15) is 0 Å². The summed E-state index contributed by atoms with van der Waals surface area (Å²) >= 11 is 0. The number of morpholine rings is 1. The molecule has 0 radical (unpaired) electrons. The molecule has 1 aliphatic rings. The summed E-state index contributed by atoms with van der Waals surface area (Å²) in [6.07, 6.45) is 0.0393. The monoisotopic (exact) mass is 210 g/mol. The second-order valence-electron chi connectivity index (χ2n) is 4.44. The lowest BCUT2D eigenvalue weighted by molar-refractivity contribution is -0.0107. The van der Waals surface area contributed by atoms with Gasteiger partial charge in [0.15, 0.2) is 0 Å². The van der Waals surface area contributed by atoms with Crippen molar-refractivity contribution in [3.05, 3.63) is 17.5 Å². The maximum Gasteiger partial charge on any atom is 0.134 e. The molecule has 1 aliphatic heterocycles. The molecule has 2 rings (SSSR count). The maximum absolute atomic E-state index is 5.77. The second-order valence-corrected chi connectivity index (χ2v) is 4.44. The van der Waals surface area contributed by atoms with Crippen molar-refractivity contribution in [2.24, 2.45) is 5.92 Å². The molecule has 2 atom stereocenters. The number of rotatable bonds is 2. The number of nitrogens with zero attached hydrogens (tertiary/aromatic N) is 1. The van der Waals surface area contributed by atoms with Gasteiger partial charge in [-0.1, -0.05) is 19.0 Å². The molecular formula is C11H18N2O2. The minimum atomic E-state index is 0.0393. The Labute approximate surface area is 90.0 Å². The van der Waals surface area contributed by atoms with E-state index in [0.29, 0.717) is 12.0 Å². The normalized spacial score (nSPS) is 27.2. The molecule has 84 valence electrons. The van der Waals surface area contributed by atoms with Crippen molar-refractivity contribution in [3.8, 4) is 0 Å². The van der Waals surface area contributed by atoms with Gasteiger partial charge in [0.25, 0.3) is 0 Å². The Hall–Kier alpha value is -0.870. The van der Waals surface area contributed by atoms with Crippen LogP contribution in [0.1, 0.15) is 31.4 Å². The SMILES string of the molecule is Cc1cc(C2CNC(C(C)C)CO2)no1. The summed E-state index contributed by atoms with van der Waals surface area (Å²) in [5, 5.41) is 7.44. The molecule has 2 heterocycles. The third-order valence-corrected chi connectivity index (χ3v) is 2.82. The van der Waals surface area contributed by atoms with E-state index in [1.807, 2.05) is 13.0 Å². The second kappa shape index (κ2) is 4.33. The summed E-state index contributed by atoms with van der Waals surface area (Å²) in [5.41, 5.74) is 0.891. The predicted molar refractivity (Wildman–Crippen MR) is 56.6 cm³/mol. The number of aryl methyl sites for hydroxylation is 1. The van der Waals surface area contributed by atoms with E-state index >= 15 is 0 Å². The molecule has 4 nitrogen and oxygen atoms in total. The van der Waals surface area contributed by atoms with Crippen LogP contribution in [0.25, 0.3) is 0 Å². The highest BCUT2D eigenvalue weighted by molar-refractivity contribution is 5.08. The van der Waals surface area contributed by atoms with Crippen LogP contribution in [0.2, 0.25) is 0 Å². The number of aromatic nitrogens is 1. The molecule has 0 bridgehead atoms. The zero-order chi connectivity index (χ0) is 10.8. The van der Waals surface area contributed by atoms with Crippen molar-refractivity contribution in [1.29, 1.82) is 0 Å². The van der Waals surface area contributed by atoms with Gasteiger partial charge < -0.3 is 14.6 Å². The summed E-state index contributed by atoms with van der Waals surface area (Å²) in [6, 6.07) is 2.39. The molecule has 1 fully saturated rings. The van der Waals surface area contributed by atoms with E-state index in [1.54, 1.807) is 0 Å². The summed E-state index contributed by atoms with van der Waals surface area (Å²) in [4.78, 5) is 0. The Morgan fingerprint density at radius 2 is 2.33 bits per heavy atom. The molecule has 0 saturated carbocycles. The highest BCUT2D eigenvalue weighted by Crippen LogP contribution is 2.21. The quantitative estimate of drug-likeness (QED) is 0.806. The Morgan fingerprint density at radius 3 is 2.80 bits per heavy atom. The van der Waals surface area contributed by atoms with Gasteiger partial charge in [-0.15, -0.1) is 0 Å². The van der Waals surface area contributed by atoms with Crippen LogP contribution >= 0.6 is 0 Å². The Bertz CT molecular complexity index is 314. The average Bonchev–Trinajstić information content (AvgIpc) is 2.65. The number of nitrogens with one attached hydrogen (secondary N) is 1. The van der Waals surface area contributed by atoms with Crippen LogP contribution < -0.4 is 5.32 Å². The lowest BCUT2D eigenvalue weighted by atomic mass is 10.0. The van der Waals surface area contributed by atoms with Crippen molar-refractivity contribution in [1.82, 2.24) is 10.5 Å². The number of hydrogen-bond acceptors (Lipinski definition) is 4. The Kier molecular flexibility index (Phi) is 3.07. The molecular weight excluding hydrogens is 192 g/mol. The molecule has 0 amide bonds. The fraction of sp³-hybridized carbons (Fsp3) is 0.727. The topological polar surface area (TPSA) is 47.3 Å². The molecule has 1 saturated heterocycles. The summed E-state index contributed by atoms with van der Waals surface area (Å²) in [5.74, 6) is 1.43. The van der Waals surface area contributed by atoms with Gasteiger partial charge in [0.05, 0.1) is 6.61 Å². The molecule has 15 heavy (non-hydrogen) atoms. The fourth-order valence-corrected chi connectivity index (χ4v) is 1.75. The molecule has 1 aromatic heterocycles. The van der Waals surface area contributed by atoms with E-state index in [0.717, 1.165) is 24.6 Å². The van der Waals surface area contributed by atoms with E-state index < -0.39 is 0 Å². The first-order valence-corrected chi connectivity index (χ1v) is 5.45. The van der Waals surface area contributed by atoms with Gasteiger partial charge in [0.2, 0.25) is 0 Å². The van der Waals surface area contributed by atoms with E-state index in [1.165, 1.54) is 0 Å². The van der Waals surface area contributed by atoms with Crippen molar-refractivity contribution in [2.45, 2.75) is 32.9 Å². The molecule has 4 heteroatoms. The van der Waals surface area contributed by atoms with Crippen molar-refractivity contribution >= 4 is 0 Å². The predicted octanol–water partition coefficient (Wildman–Crippen LogP) is 1.67. The van der Waals surface area contributed by atoms with Gasteiger partial charge in [-0.3, -0.25) is 0 Å². The first-order valence-electron chi connectivity index (χ1n) is 5.45. The van der Waals surface area contributed by atoms with Crippen LogP contribution in [0.3, 0.4) is 0 Å². The Balaban J connectivity index is 1.93. The highest BCUT2D eigenvalue weighted by atomic mass is 16.5. The molecule has 2 unspecified atom stereocenters. The van der Waals surface area contributed by atoms with Crippen molar-refractivity contribution < 1.29 is 9.26 Å². The van der Waals surface area contributed by atoms with Crippen LogP contribution in [0.4, 0.5) is 0 Å². The summed E-state index contributed by atoms with van der Waals surface area (Å²) < 4.78 is 10.8. The van der Waals surface area contributed by atoms with Crippen molar-refractivity contribution in [2.75, 3.05) is 13.2 Å². The van der Waals surface area contributed by atoms with Crippen LogP contribution in [-0.2, 0) is 4.74 Å². The van der Waals surface area contributed by atoms with E-state index in [2.05, 4.69) is 24.3 Å². The van der Waals surface area contributed by atoms with Crippen molar-refractivity contribution in [3.63, 3.8) is 0 Å². The first kappa shape index (κ1) is 10.6. The third kappa shape index (κ3) is 2.38. The molecule has 0 spiro atoms. The molecule has 1 N–H and O–H groups in total. The van der Waals surface area contributed by atoms with Crippen LogP contribution in [0.15, 0.2) is 10.6 Å². The van der Waals surface area contributed by atoms with Crippen LogP contribution in [0.5, 0.6) is 0 Å². The average molecular weight is 210 g/mol. The standard InChI is InChI=1S/C11H18N2O2/c1-7(2)10-6-14-11(5-12-10)9-4-8(3)15-13-9/h4,7,10-12H,5-6H2,1-3H3. The van der Waals surface area contributed by atoms with Gasteiger partial charge in [-0.05, 0) is 12.8 Å². The fourth-order valence-electron chi connectivity index (χ4n) is 1.75. The van der Waals surface area contributed by atoms with Gasteiger partial charge >= 0.3 is 0 Å². The number of ether oxygens (including phenoxy) is 1. The lowest BCUT2D eigenvalue weighted by Crippen LogP contribution is -2.45.